The lowest BCUT2D eigenvalue weighted by molar-refractivity contribution is 0.0760. The van der Waals surface area contributed by atoms with Crippen LogP contribution in [0.25, 0.3) is 0 Å². The van der Waals surface area contributed by atoms with Crippen LogP contribution in [0.3, 0.4) is 0 Å². The summed E-state index contributed by atoms with van der Waals surface area (Å²) in [6.07, 6.45) is 3.48. The molecule has 1 saturated heterocycles. The van der Waals surface area contributed by atoms with Crippen LogP contribution in [0.2, 0.25) is 0 Å². The molecule has 2 aromatic rings. The average molecular weight is 318 g/mol. The molecule has 4 nitrogen and oxygen atoms in total. The Hall–Kier alpha value is -2.88. The number of amides is 1. The Kier molecular flexibility index (Phi) is 3.65. The van der Waals surface area contributed by atoms with Crippen molar-refractivity contribution in [1.29, 1.82) is 0 Å². The van der Waals surface area contributed by atoms with Gasteiger partial charge in [0.15, 0.2) is 5.78 Å². The zero-order chi connectivity index (χ0) is 16.5. The van der Waals surface area contributed by atoms with Crippen molar-refractivity contribution < 1.29 is 9.59 Å². The molecule has 24 heavy (non-hydrogen) atoms. The van der Waals surface area contributed by atoms with E-state index in [2.05, 4.69) is 5.32 Å². The normalized spacial score (nSPS) is 21.0. The molecule has 0 aromatic heterocycles. The van der Waals surface area contributed by atoms with Crippen molar-refractivity contribution in [3.8, 4) is 0 Å². The summed E-state index contributed by atoms with van der Waals surface area (Å²) >= 11 is 0. The van der Waals surface area contributed by atoms with Gasteiger partial charge in [-0.15, -0.1) is 0 Å². The number of hydrogen-bond donors (Lipinski definition) is 1. The second-order valence-electron chi connectivity index (χ2n) is 6.16. The number of carbonyl (C=O) groups excluding carboxylic acids is 2. The van der Waals surface area contributed by atoms with Crippen LogP contribution in [0, 0.1) is 0 Å². The van der Waals surface area contributed by atoms with Crippen LogP contribution in [-0.2, 0) is 0 Å². The molecular weight excluding hydrogens is 300 g/mol. The van der Waals surface area contributed by atoms with Crippen LogP contribution in [0.15, 0.2) is 66.4 Å². The molecule has 1 amide bonds. The first kappa shape index (κ1) is 14.7. The predicted molar refractivity (Wildman–Crippen MR) is 93.0 cm³/mol. The van der Waals surface area contributed by atoms with Crippen molar-refractivity contribution in [3.05, 3.63) is 77.5 Å². The second-order valence-corrected chi connectivity index (χ2v) is 6.16. The first-order valence-electron chi connectivity index (χ1n) is 8.22. The third kappa shape index (κ3) is 2.50. The number of benzene rings is 2. The molecule has 0 spiro atoms. The number of para-hydroxylation sites is 1. The van der Waals surface area contributed by atoms with Crippen LogP contribution in [0.1, 0.15) is 33.6 Å². The fraction of sp³-hybridized carbons (Fsp3) is 0.200. The molecule has 2 aliphatic rings. The SMILES string of the molecule is O=C(/C=C1\Nc2ccccc2C(=O)N2CCCC12)c1ccccc1. The minimum atomic E-state index is -0.0578. The van der Waals surface area contributed by atoms with E-state index in [4.69, 9.17) is 0 Å². The number of rotatable bonds is 2. The highest BCUT2D eigenvalue weighted by molar-refractivity contribution is 6.06. The zero-order valence-electron chi connectivity index (χ0n) is 13.2. The van der Waals surface area contributed by atoms with E-state index in [-0.39, 0.29) is 17.7 Å². The van der Waals surface area contributed by atoms with Gasteiger partial charge in [-0.25, -0.2) is 0 Å². The second kappa shape index (κ2) is 5.96. The molecule has 1 atom stereocenters. The number of nitrogens with zero attached hydrogens (tertiary/aromatic N) is 1. The molecular formula is C20H18N2O2. The maximum atomic E-state index is 12.8. The molecule has 1 N–H and O–H groups in total. The van der Waals surface area contributed by atoms with Crippen molar-refractivity contribution in [2.24, 2.45) is 0 Å². The number of allylic oxidation sites excluding steroid dienone is 1. The van der Waals surface area contributed by atoms with E-state index in [0.29, 0.717) is 11.1 Å². The van der Waals surface area contributed by atoms with Crippen LogP contribution in [-0.4, -0.2) is 29.2 Å². The molecule has 120 valence electrons. The lowest BCUT2D eigenvalue weighted by Gasteiger charge is -2.23. The number of carbonyl (C=O) groups is 2. The van der Waals surface area contributed by atoms with Gasteiger partial charge in [0.25, 0.3) is 5.91 Å². The monoisotopic (exact) mass is 318 g/mol. The summed E-state index contributed by atoms with van der Waals surface area (Å²) in [5.74, 6) is -0.00654. The first-order valence-corrected chi connectivity index (χ1v) is 8.22. The van der Waals surface area contributed by atoms with Gasteiger partial charge in [-0.3, -0.25) is 9.59 Å². The third-order valence-corrected chi connectivity index (χ3v) is 4.65. The standard InChI is InChI=1S/C20H18N2O2/c23-19(14-7-2-1-3-8-14)13-17-18-11-6-12-22(18)20(24)15-9-4-5-10-16(15)21-17/h1-5,7-10,13,18,21H,6,11-12H2/b17-13-. The summed E-state index contributed by atoms with van der Waals surface area (Å²) in [6, 6.07) is 16.6. The van der Waals surface area contributed by atoms with Gasteiger partial charge in [0.05, 0.1) is 17.3 Å². The molecule has 1 unspecified atom stereocenters. The van der Waals surface area contributed by atoms with E-state index in [1.807, 2.05) is 59.5 Å². The van der Waals surface area contributed by atoms with E-state index in [1.165, 1.54) is 0 Å². The zero-order valence-corrected chi connectivity index (χ0v) is 13.2. The first-order chi connectivity index (χ1) is 11.7. The topological polar surface area (TPSA) is 49.4 Å². The number of anilines is 1. The van der Waals surface area contributed by atoms with Gasteiger partial charge in [0, 0.05) is 23.9 Å². The molecule has 2 aromatic carbocycles. The molecule has 1 fully saturated rings. The number of fused-ring (bicyclic) bond motifs is 2. The average Bonchev–Trinajstić information content (AvgIpc) is 3.08. The van der Waals surface area contributed by atoms with E-state index in [1.54, 1.807) is 6.08 Å². The lowest BCUT2D eigenvalue weighted by Crippen LogP contribution is -2.36. The molecule has 0 radical (unpaired) electrons. The predicted octanol–water partition coefficient (Wildman–Crippen LogP) is 3.48. The Balaban J connectivity index is 1.76. The van der Waals surface area contributed by atoms with Gasteiger partial charge < -0.3 is 10.2 Å². The van der Waals surface area contributed by atoms with Crippen LogP contribution in [0.5, 0.6) is 0 Å². The number of ketones is 1. The van der Waals surface area contributed by atoms with Crippen LogP contribution >= 0.6 is 0 Å². The third-order valence-electron chi connectivity index (χ3n) is 4.65. The van der Waals surface area contributed by atoms with Crippen molar-refractivity contribution in [1.82, 2.24) is 4.90 Å². The van der Waals surface area contributed by atoms with Gasteiger partial charge in [0.2, 0.25) is 0 Å². The van der Waals surface area contributed by atoms with Gasteiger partial charge in [0.1, 0.15) is 0 Å². The Morgan fingerprint density at radius 3 is 2.67 bits per heavy atom. The lowest BCUT2D eigenvalue weighted by atomic mass is 10.1. The van der Waals surface area contributed by atoms with Crippen molar-refractivity contribution in [3.63, 3.8) is 0 Å². The molecule has 0 saturated carbocycles. The summed E-state index contributed by atoms with van der Waals surface area (Å²) in [4.78, 5) is 27.3. The van der Waals surface area contributed by atoms with Gasteiger partial charge in [-0.2, -0.15) is 0 Å². The summed E-state index contributed by atoms with van der Waals surface area (Å²) < 4.78 is 0. The summed E-state index contributed by atoms with van der Waals surface area (Å²) in [5, 5.41) is 3.34. The minimum Gasteiger partial charge on any atom is -0.356 e. The van der Waals surface area contributed by atoms with Crippen LogP contribution < -0.4 is 5.32 Å². The molecule has 2 aliphatic heterocycles. The largest absolute Gasteiger partial charge is 0.356 e. The molecule has 2 heterocycles. The van der Waals surface area contributed by atoms with E-state index >= 15 is 0 Å². The van der Waals surface area contributed by atoms with Crippen molar-refractivity contribution in [2.45, 2.75) is 18.9 Å². The highest BCUT2D eigenvalue weighted by atomic mass is 16.2. The molecule has 0 bridgehead atoms. The molecule has 4 rings (SSSR count). The smallest absolute Gasteiger partial charge is 0.256 e. The summed E-state index contributed by atoms with van der Waals surface area (Å²) in [6.45, 7) is 0.733. The molecule has 4 heteroatoms. The number of hydrogen-bond acceptors (Lipinski definition) is 3. The minimum absolute atomic E-state index is 0.0381. The van der Waals surface area contributed by atoms with Crippen molar-refractivity contribution in [2.75, 3.05) is 11.9 Å². The van der Waals surface area contributed by atoms with E-state index < -0.39 is 0 Å². The highest BCUT2D eigenvalue weighted by Crippen LogP contribution is 2.32. The fourth-order valence-corrected chi connectivity index (χ4v) is 3.46. The maximum absolute atomic E-state index is 12.8. The maximum Gasteiger partial charge on any atom is 0.256 e. The van der Waals surface area contributed by atoms with E-state index in [0.717, 1.165) is 30.8 Å². The van der Waals surface area contributed by atoms with Gasteiger partial charge in [-0.05, 0) is 25.0 Å². The Morgan fingerprint density at radius 2 is 1.83 bits per heavy atom. The van der Waals surface area contributed by atoms with Crippen molar-refractivity contribution >= 4 is 17.4 Å². The fourth-order valence-electron chi connectivity index (χ4n) is 3.46. The van der Waals surface area contributed by atoms with Crippen LogP contribution in [0.4, 0.5) is 5.69 Å². The molecule has 0 aliphatic carbocycles. The summed E-state index contributed by atoms with van der Waals surface area (Å²) in [5.41, 5.74) is 2.89. The summed E-state index contributed by atoms with van der Waals surface area (Å²) in [7, 11) is 0. The Labute approximate surface area is 140 Å². The van der Waals surface area contributed by atoms with Gasteiger partial charge >= 0.3 is 0 Å². The highest BCUT2D eigenvalue weighted by Gasteiger charge is 2.36. The Bertz CT molecular complexity index is 827. The quantitative estimate of drug-likeness (QED) is 0.681. The Morgan fingerprint density at radius 1 is 1.08 bits per heavy atom. The van der Waals surface area contributed by atoms with E-state index in [9.17, 15) is 9.59 Å². The van der Waals surface area contributed by atoms with Gasteiger partial charge in [-0.1, -0.05) is 42.5 Å². The number of nitrogens with one attached hydrogen (secondary N) is 1.